The fraction of sp³-hybridized carbons (Fsp3) is 0.714. The lowest BCUT2D eigenvalue weighted by atomic mass is 10.0. The molecule has 2 rings (SSSR count). The number of hydrogen-bond acceptors (Lipinski definition) is 6. The molecule has 7 heteroatoms. The van der Waals surface area contributed by atoms with Crippen LogP contribution in [0.3, 0.4) is 0 Å². The van der Waals surface area contributed by atoms with Gasteiger partial charge in [0, 0.05) is 6.54 Å². The summed E-state index contributed by atoms with van der Waals surface area (Å²) in [5, 5.41) is 4.03. The first-order valence-corrected chi connectivity index (χ1v) is 8.25. The molecule has 1 atom stereocenters. The molecule has 0 spiro atoms. The molecule has 1 aromatic rings. The lowest BCUT2D eigenvalue weighted by Gasteiger charge is -2.33. The molecule has 1 unspecified atom stereocenters. The van der Waals surface area contributed by atoms with Crippen LogP contribution in [0.5, 0.6) is 0 Å². The first-order chi connectivity index (χ1) is 10.2. The summed E-state index contributed by atoms with van der Waals surface area (Å²) in [6, 6.07) is -0.470. The number of carbonyl (C=O) groups excluding carboxylic acids is 2. The molecule has 1 aliphatic heterocycles. The Morgan fingerprint density at radius 1 is 1.38 bits per heavy atom. The molecule has 1 amide bonds. The van der Waals surface area contributed by atoms with Gasteiger partial charge in [-0.25, -0.2) is 4.79 Å². The van der Waals surface area contributed by atoms with Gasteiger partial charge in [0.15, 0.2) is 0 Å². The highest BCUT2D eigenvalue weighted by atomic mass is 32.1. The Hall–Kier alpha value is -1.50. The van der Waals surface area contributed by atoms with E-state index >= 15 is 0 Å². The minimum atomic E-state index is -0.470. The van der Waals surface area contributed by atoms with Crippen LogP contribution in [-0.4, -0.2) is 45.6 Å². The molecule has 1 aromatic heterocycles. The first kappa shape index (κ1) is 15.9. The van der Waals surface area contributed by atoms with Gasteiger partial charge in [0.2, 0.25) is 0 Å². The molecule has 0 saturated carbocycles. The van der Waals surface area contributed by atoms with Gasteiger partial charge in [0.05, 0.1) is 12.3 Å². The molecular formula is C14H21N3O3S. The van der Waals surface area contributed by atoms with Crippen molar-refractivity contribution in [2.45, 2.75) is 52.0 Å². The number of rotatable bonds is 5. The summed E-state index contributed by atoms with van der Waals surface area (Å²) in [7, 11) is 0. The quantitative estimate of drug-likeness (QED) is 0.778. The van der Waals surface area contributed by atoms with Crippen LogP contribution < -0.4 is 0 Å². The number of aromatic nitrogens is 2. The van der Waals surface area contributed by atoms with E-state index in [9.17, 15) is 9.59 Å². The smallest absolute Gasteiger partial charge is 0.328 e. The molecule has 1 fully saturated rings. The van der Waals surface area contributed by atoms with E-state index in [0.717, 1.165) is 42.9 Å². The third-order valence-electron chi connectivity index (χ3n) is 3.56. The minimum absolute atomic E-state index is 0.133. The number of ether oxygens (including phenoxy) is 1. The topological polar surface area (TPSA) is 72.4 Å². The second kappa shape index (κ2) is 7.49. The van der Waals surface area contributed by atoms with E-state index in [2.05, 4.69) is 9.59 Å². The van der Waals surface area contributed by atoms with Crippen molar-refractivity contribution in [3.8, 4) is 0 Å². The van der Waals surface area contributed by atoms with Gasteiger partial charge in [-0.1, -0.05) is 17.8 Å². The molecule has 1 saturated heterocycles. The number of likely N-dealkylation sites (tertiary alicyclic amines) is 1. The average Bonchev–Trinajstić information content (AvgIpc) is 2.95. The summed E-state index contributed by atoms with van der Waals surface area (Å²) in [6.07, 6.45) is 4.16. The third kappa shape index (κ3) is 3.58. The molecule has 6 nitrogen and oxygen atoms in total. The molecule has 0 N–H and O–H groups in total. The van der Waals surface area contributed by atoms with Crippen LogP contribution in [0.25, 0.3) is 0 Å². The lowest BCUT2D eigenvalue weighted by molar-refractivity contribution is -0.149. The molecule has 1 aliphatic rings. The van der Waals surface area contributed by atoms with E-state index in [4.69, 9.17) is 4.74 Å². The molecular weight excluding hydrogens is 290 g/mol. The van der Waals surface area contributed by atoms with Gasteiger partial charge in [-0.15, -0.1) is 5.10 Å². The fourth-order valence-electron chi connectivity index (χ4n) is 2.56. The van der Waals surface area contributed by atoms with Crippen molar-refractivity contribution < 1.29 is 14.3 Å². The Balaban J connectivity index is 2.18. The van der Waals surface area contributed by atoms with Crippen LogP contribution in [0.15, 0.2) is 0 Å². The maximum Gasteiger partial charge on any atom is 0.328 e. The van der Waals surface area contributed by atoms with Gasteiger partial charge in [-0.05, 0) is 44.1 Å². The summed E-state index contributed by atoms with van der Waals surface area (Å²) in [4.78, 5) is 27.0. The highest BCUT2D eigenvalue weighted by Gasteiger charge is 2.35. The van der Waals surface area contributed by atoms with Gasteiger partial charge in [-0.2, -0.15) is 0 Å². The zero-order valence-electron chi connectivity index (χ0n) is 12.5. The van der Waals surface area contributed by atoms with Crippen molar-refractivity contribution >= 4 is 23.4 Å². The highest BCUT2D eigenvalue weighted by molar-refractivity contribution is 7.08. The van der Waals surface area contributed by atoms with E-state index in [-0.39, 0.29) is 11.9 Å². The molecule has 21 heavy (non-hydrogen) atoms. The Morgan fingerprint density at radius 3 is 2.90 bits per heavy atom. The van der Waals surface area contributed by atoms with E-state index in [1.165, 1.54) is 0 Å². The van der Waals surface area contributed by atoms with Gasteiger partial charge >= 0.3 is 5.97 Å². The second-order valence-electron chi connectivity index (χ2n) is 5.06. The molecule has 0 aromatic carbocycles. The Morgan fingerprint density at radius 2 is 2.19 bits per heavy atom. The van der Waals surface area contributed by atoms with Crippen molar-refractivity contribution in [2.75, 3.05) is 13.2 Å². The largest absolute Gasteiger partial charge is 0.464 e. The summed E-state index contributed by atoms with van der Waals surface area (Å²) in [5.74, 6) is -0.439. The van der Waals surface area contributed by atoms with Crippen molar-refractivity contribution in [1.29, 1.82) is 0 Å². The predicted octanol–water partition coefficient (Wildman–Crippen LogP) is 2.05. The van der Waals surface area contributed by atoms with Gasteiger partial charge in [0.25, 0.3) is 5.91 Å². The van der Waals surface area contributed by atoms with Crippen molar-refractivity contribution in [1.82, 2.24) is 14.5 Å². The Kier molecular flexibility index (Phi) is 5.67. The second-order valence-corrected chi connectivity index (χ2v) is 5.82. The highest BCUT2D eigenvalue weighted by Crippen LogP contribution is 2.23. The molecule has 0 radical (unpaired) electrons. The van der Waals surface area contributed by atoms with Crippen LogP contribution in [0.1, 0.15) is 54.9 Å². The average molecular weight is 311 g/mol. The van der Waals surface area contributed by atoms with Gasteiger partial charge in [0.1, 0.15) is 10.9 Å². The fourth-order valence-corrected chi connectivity index (χ4v) is 3.22. The minimum Gasteiger partial charge on any atom is -0.464 e. The number of esters is 1. The Bertz CT molecular complexity index is 503. The van der Waals surface area contributed by atoms with Crippen molar-refractivity contribution in [2.24, 2.45) is 0 Å². The van der Waals surface area contributed by atoms with E-state index in [1.54, 1.807) is 11.8 Å². The van der Waals surface area contributed by atoms with Crippen molar-refractivity contribution in [3.63, 3.8) is 0 Å². The normalized spacial score (nSPS) is 18.6. The zero-order valence-corrected chi connectivity index (χ0v) is 13.3. The van der Waals surface area contributed by atoms with Gasteiger partial charge < -0.3 is 9.64 Å². The summed E-state index contributed by atoms with van der Waals surface area (Å²) in [6.45, 7) is 4.74. The number of hydrogen-bond donors (Lipinski definition) is 0. The number of nitrogens with zero attached hydrogens (tertiary/aromatic N) is 3. The lowest BCUT2D eigenvalue weighted by Crippen LogP contribution is -2.48. The summed E-state index contributed by atoms with van der Waals surface area (Å²) >= 11 is 1.11. The predicted molar refractivity (Wildman–Crippen MR) is 79.2 cm³/mol. The standard InChI is InChI=1S/C14H21N3O3S/c1-3-7-10-12(21-16-15-10)13(18)17-9-6-5-8-11(17)14(19)20-4-2/h11H,3-9H2,1-2H3. The summed E-state index contributed by atoms with van der Waals surface area (Å²) < 4.78 is 8.99. The first-order valence-electron chi connectivity index (χ1n) is 7.47. The monoisotopic (exact) mass is 311 g/mol. The zero-order chi connectivity index (χ0) is 15.2. The molecule has 0 bridgehead atoms. The molecule has 2 heterocycles. The van der Waals surface area contributed by atoms with Crippen LogP contribution in [0.4, 0.5) is 0 Å². The number of piperidine rings is 1. The van der Waals surface area contributed by atoms with E-state index in [0.29, 0.717) is 24.4 Å². The number of carbonyl (C=O) groups is 2. The number of amides is 1. The van der Waals surface area contributed by atoms with E-state index in [1.807, 2.05) is 6.92 Å². The molecule has 116 valence electrons. The third-order valence-corrected chi connectivity index (χ3v) is 4.32. The molecule has 0 aliphatic carbocycles. The van der Waals surface area contributed by atoms with Crippen LogP contribution in [0.2, 0.25) is 0 Å². The van der Waals surface area contributed by atoms with Crippen molar-refractivity contribution in [3.05, 3.63) is 10.6 Å². The summed E-state index contributed by atoms with van der Waals surface area (Å²) in [5.41, 5.74) is 0.737. The van der Waals surface area contributed by atoms with Crippen LogP contribution in [-0.2, 0) is 16.0 Å². The Labute approximate surface area is 128 Å². The number of aryl methyl sites for hydroxylation is 1. The SMILES string of the molecule is CCCc1nnsc1C(=O)N1CCCCC1C(=O)OCC. The van der Waals surface area contributed by atoms with Crippen LogP contribution in [0, 0.1) is 0 Å². The maximum atomic E-state index is 12.7. The van der Waals surface area contributed by atoms with E-state index < -0.39 is 6.04 Å². The maximum absolute atomic E-state index is 12.7. The van der Waals surface area contributed by atoms with Crippen LogP contribution >= 0.6 is 11.5 Å². The van der Waals surface area contributed by atoms with Gasteiger partial charge in [-0.3, -0.25) is 4.79 Å².